The van der Waals surface area contributed by atoms with Crippen LogP contribution in [0.5, 0.6) is 0 Å². The van der Waals surface area contributed by atoms with Gasteiger partial charge in [0.15, 0.2) is 5.76 Å². The molecule has 0 N–H and O–H groups in total. The van der Waals surface area contributed by atoms with Crippen LogP contribution in [0.1, 0.15) is 25.8 Å². The number of rotatable bonds is 2. The maximum Gasteiger partial charge on any atom is 0.289 e. The van der Waals surface area contributed by atoms with E-state index in [2.05, 4.69) is 0 Å². The first-order valence-corrected chi connectivity index (χ1v) is 7.71. The van der Waals surface area contributed by atoms with Gasteiger partial charge in [-0.15, -0.1) is 11.3 Å². The van der Waals surface area contributed by atoms with Gasteiger partial charge < -0.3 is 14.2 Å². The number of thiophene rings is 1. The molecule has 21 heavy (non-hydrogen) atoms. The van der Waals surface area contributed by atoms with Gasteiger partial charge in [-0.1, -0.05) is 6.07 Å². The van der Waals surface area contributed by atoms with Gasteiger partial charge in [0, 0.05) is 31.7 Å². The Morgan fingerprint density at radius 3 is 2.29 bits per heavy atom. The van der Waals surface area contributed by atoms with Crippen LogP contribution < -0.4 is 0 Å². The molecule has 0 aromatic carbocycles. The number of piperazine rings is 1. The summed E-state index contributed by atoms with van der Waals surface area (Å²) in [4.78, 5) is 28.8. The molecule has 1 aliphatic rings. The molecule has 2 amide bonds. The first-order valence-electron chi connectivity index (χ1n) is 6.83. The molecule has 3 rings (SSSR count). The van der Waals surface area contributed by atoms with Gasteiger partial charge in [0.05, 0.1) is 11.1 Å². The predicted octanol–water partition coefficient (Wildman–Crippen LogP) is 2.25. The number of carbonyl (C=O) groups excluding carboxylic acids is 2. The summed E-state index contributed by atoms with van der Waals surface area (Å²) in [5.74, 6) is 0.347. The molecule has 0 spiro atoms. The van der Waals surface area contributed by atoms with E-state index in [0.29, 0.717) is 31.9 Å². The standard InChI is InChI=1S/C15H16N2O3S/c1-11-4-9-20-13(11)15(19)17-7-5-16(6-8-17)14(18)12-3-2-10-21-12/h2-4,9-10H,5-8H2,1H3. The molecule has 0 aliphatic carbocycles. The van der Waals surface area contributed by atoms with Gasteiger partial charge in [-0.25, -0.2) is 0 Å². The Morgan fingerprint density at radius 2 is 1.76 bits per heavy atom. The summed E-state index contributed by atoms with van der Waals surface area (Å²) in [7, 11) is 0. The molecule has 0 bridgehead atoms. The Bertz CT molecular complexity index is 640. The van der Waals surface area contributed by atoms with Crippen LogP contribution in [0.3, 0.4) is 0 Å². The minimum atomic E-state index is -0.0966. The number of aryl methyl sites for hydroxylation is 1. The van der Waals surface area contributed by atoms with Gasteiger partial charge in [0.1, 0.15) is 0 Å². The molecule has 2 aromatic heterocycles. The second-order valence-corrected chi connectivity index (χ2v) is 5.94. The fraction of sp³-hybridized carbons (Fsp3) is 0.333. The molecule has 0 atom stereocenters. The minimum absolute atomic E-state index is 0.0475. The van der Waals surface area contributed by atoms with Crippen molar-refractivity contribution in [2.75, 3.05) is 26.2 Å². The Morgan fingerprint density at radius 1 is 1.10 bits per heavy atom. The topological polar surface area (TPSA) is 53.8 Å². The molecule has 2 aromatic rings. The normalized spacial score (nSPS) is 15.3. The van der Waals surface area contributed by atoms with Crippen molar-refractivity contribution in [2.45, 2.75) is 6.92 Å². The van der Waals surface area contributed by atoms with E-state index in [-0.39, 0.29) is 11.8 Å². The van der Waals surface area contributed by atoms with Crippen LogP contribution >= 0.6 is 11.3 Å². The van der Waals surface area contributed by atoms with Crippen LogP contribution in [0.2, 0.25) is 0 Å². The van der Waals surface area contributed by atoms with E-state index < -0.39 is 0 Å². The molecule has 0 radical (unpaired) electrons. The summed E-state index contributed by atoms with van der Waals surface area (Å²) in [5.41, 5.74) is 0.845. The van der Waals surface area contributed by atoms with E-state index in [1.807, 2.05) is 24.4 Å². The van der Waals surface area contributed by atoms with Crippen molar-refractivity contribution in [3.05, 3.63) is 46.0 Å². The SMILES string of the molecule is Cc1ccoc1C(=O)N1CCN(C(=O)c2cccs2)CC1. The van der Waals surface area contributed by atoms with E-state index in [1.54, 1.807) is 15.9 Å². The lowest BCUT2D eigenvalue weighted by atomic mass is 10.2. The highest BCUT2D eigenvalue weighted by molar-refractivity contribution is 7.12. The largest absolute Gasteiger partial charge is 0.459 e. The first kappa shape index (κ1) is 13.9. The van der Waals surface area contributed by atoms with Crippen LogP contribution in [0, 0.1) is 6.92 Å². The highest BCUT2D eigenvalue weighted by Gasteiger charge is 2.27. The fourth-order valence-electron chi connectivity index (χ4n) is 2.40. The predicted molar refractivity (Wildman–Crippen MR) is 79.6 cm³/mol. The maximum absolute atomic E-state index is 12.3. The first-order chi connectivity index (χ1) is 10.2. The summed E-state index contributed by atoms with van der Waals surface area (Å²) in [6.07, 6.45) is 1.53. The third-order valence-electron chi connectivity index (χ3n) is 3.64. The number of nitrogens with zero attached hydrogens (tertiary/aromatic N) is 2. The van der Waals surface area contributed by atoms with Gasteiger partial charge in [-0.3, -0.25) is 9.59 Å². The average molecular weight is 304 g/mol. The van der Waals surface area contributed by atoms with E-state index >= 15 is 0 Å². The zero-order valence-corrected chi connectivity index (χ0v) is 12.6. The number of hydrogen-bond acceptors (Lipinski definition) is 4. The number of amides is 2. The Labute approximate surface area is 126 Å². The van der Waals surface area contributed by atoms with Crippen LogP contribution in [0.15, 0.2) is 34.3 Å². The van der Waals surface area contributed by atoms with Gasteiger partial charge in [-0.05, 0) is 24.4 Å². The second kappa shape index (κ2) is 5.73. The summed E-state index contributed by atoms with van der Waals surface area (Å²) in [6.45, 7) is 4.05. The van der Waals surface area contributed by atoms with Crippen molar-refractivity contribution < 1.29 is 14.0 Å². The quantitative estimate of drug-likeness (QED) is 0.855. The van der Waals surface area contributed by atoms with E-state index in [9.17, 15) is 9.59 Å². The molecule has 3 heterocycles. The molecule has 1 saturated heterocycles. The van der Waals surface area contributed by atoms with E-state index in [0.717, 1.165) is 10.4 Å². The summed E-state index contributed by atoms with van der Waals surface area (Å²) in [6, 6.07) is 5.48. The lowest BCUT2D eigenvalue weighted by Gasteiger charge is -2.34. The lowest BCUT2D eigenvalue weighted by molar-refractivity contribution is 0.0520. The monoisotopic (exact) mass is 304 g/mol. The van der Waals surface area contributed by atoms with Crippen molar-refractivity contribution in [2.24, 2.45) is 0 Å². The fourth-order valence-corrected chi connectivity index (χ4v) is 3.09. The molecule has 6 heteroatoms. The summed E-state index contributed by atoms with van der Waals surface area (Å²) < 4.78 is 5.24. The highest BCUT2D eigenvalue weighted by Crippen LogP contribution is 2.16. The molecule has 110 valence electrons. The van der Waals surface area contributed by atoms with Crippen molar-refractivity contribution in [1.29, 1.82) is 0 Å². The van der Waals surface area contributed by atoms with E-state index in [4.69, 9.17) is 4.42 Å². The molecule has 1 fully saturated rings. The highest BCUT2D eigenvalue weighted by atomic mass is 32.1. The van der Waals surface area contributed by atoms with Gasteiger partial charge in [0.2, 0.25) is 0 Å². The van der Waals surface area contributed by atoms with Gasteiger partial charge >= 0.3 is 0 Å². The zero-order chi connectivity index (χ0) is 14.8. The van der Waals surface area contributed by atoms with Crippen LogP contribution in [-0.2, 0) is 0 Å². The molecule has 5 nitrogen and oxygen atoms in total. The molecule has 1 aliphatic heterocycles. The lowest BCUT2D eigenvalue weighted by Crippen LogP contribution is -2.50. The maximum atomic E-state index is 12.3. The van der Waals surface area contributed by atoms with Crippen molar-refractivity contribution in [3.8, 4) is 0 Å². The van der Waals surface area contributed by atoms with Gasteiger partial charge in [0.25, 0.3) is 11.8 Å². The van der Waals surface area contributed by atoms with Crippen LogP contribution in [0.4, 0.5) is 0 Å². The third kappa shape index (κ3) is 2.71. The molecular weight excluding hydrogens is 288 g/mol. The summed E-state index contributed by atoms with van der Waals surface area (Å²) >= 11 is 1.45. The average Bonchev–Trinajstić information content (AvgIpc) is 3.17. The minimum Gasteiger partial charge on any atom is -0.459 e. The van der Waals surface area contributed by atoms with Crippen molar-refractivity contribution in [3.63, 3.8) is 0 Å². The molecule has 0 unspecified atom stereocenters. The Hall–Kier alpha value is -2.08. The third-order valence-corrected chi connectivity index (χ3v) is 4.50. The zero-order valence-electron chi connectivity index (χ0n) is 11.7. The van der Waals surface area contributed by atoms with Gasteiger partial charge in [-0.2, -0.15) is 0 Å². The molecular formula is C15H16N2O3S. The van der Waals surface area contributed by atoms with Crippen LogP contribution in [0.25, 0.3) is 0 Å². The number of furan rings is 1. The Kier molecular flexibility index (Phi) is 3.79. The number of carbonyl (C=O) groups is 2. The second-order valence-electron chi connectivity index (χ2n) is 4.99. The molecule has 0 saturated carbocycles. The van der Waals surface area contributed by atoms with Crippen molar-refractivity contribution in [1.82, 2.24) is 9.80 Å². The van der Waals surface area contributed by atoms with Crippen molar-refractivity contribution >= 4 is 23.2 Å². The van der Waals surface area contributed by atoms with Crippen LogP contribution in [-0.4, -0.2) is 47.8 Å². The number of hydrogen-bond donors (Lipinski definition) is 0. The smallest absolute Gasteiger partial charge is 0.289 e. The summed E-state index contributed by atoms with van der Waals surface area (Å²) in [5, 5.41) is 1.90. The van der Waals surface area contributed by atoms with E-state index in [1.165, 1.54) is 17.6 Å². The Balaban J connectivity index is 1.62.